The van der Waals surface area contributed by atoms with Crippen molar-refractivity contribution in [3.63, 3.8) is 0 Å². The van der Waals surface area contributed by atoms with Crippen LogP contribution in [0, 0.1) is 5.82 Å². The van der Waals surface area contributed by atoms with Gasteiger partial charge in [-0.25, -0.2) is 9.38 Å². The summed E-state index contributed by atoms with van der Waals surface area (Å²) in [5, 5.41) is 10.6. The number of nitrogens with one attached hydrogen (secondary N) is 2. The molecule has 25 heavy (non-hydrogen) atoms. The summed E-state index contributed by atoms with van der Waals surface area (Å²) in [6.45, 7) is 6.73. The number of ether oxygens (including phenoxy) is 1. The van der Waals surface area contributed by atoms with Gasteiger partial charge in [-0.2, -0.15) is 5.10 Å². The minimum Gasteiger partial charge on any atom is -0.486 e. The maximum atomic E-state index is 13.6. The predicted molar refractivity (Wildman–Crippen MR) is 97.3 cm³/mol. The highest BCUT2D eigenvalue weighted by Crippen LogP contribution is 2.16. The van der Waals surface area contributed by atoms with Gasteiger partial charge in [0.05, 0.1) is 6.54 Å². The first-order chi connectivity index (χ1) is 12.2. The average Bonchev–Trinajstić information content (AvgIpc) is 3.12. The van der Waals surface area contributed by atoms with Crippen LogP contribution in [0.1, 0.15) is 20.3 Å². The van der Waals surface area contributed by atoms with E-state index in [0.29, 0.717) is 6.54 Å². The van der Waals surface area contributed by atoms with E-state index in [2.05, 4.69) is 20.7 Å². The molecule has 1 heterocycles. The van der Waals surface area contributed by atoms with Crippen molar-refractivity contribution in [2.45, 2.75) is 32.9 Å². The molecule has 0 amide bonds. The molecule has 0 spiro atoms. The summed E-state index contributed by atoms with van der Waals surface area (Å²) in [6.07, 6.45) is 4.43. The average molecular weight is 347 g/mol. The normalized spacial score (nSPS) is 12.7. The zero-order valence-electron chi connectivity index (χ0n) is 14.8. The largest absolute Gasteiger partial charge is 0.486 e. The van der Waals surface area contributed by atoms with Crippen LogP contribution in [-0.2, 0) is 6.54 Å². The van der Waals surface area contributed by atoms with Gasteiger partial charge in [-0.1, -0.05) is 12.1 Å². The molecule has 2 rings (SSSR count). The number of hydrogen-bond donors (Lipinski definition) is 2. The lowest BCUT2D eigenvalue weighted by Crippen LogP contribution is -2.38. The highest BCUT2D eigenvalue weighted by Gasteiger charge is 2.08. The number of aryl methyl sites for hydroxylation is 1. The Kier molecular flexibility index (Phi) is 7.75. The number of rotatable bonds is 9. The summed E-state index contributed by atoms with van der Waals surface area (Å²) in [4.78, 5) is 4.50. The monoisotopic (exact) mass is 347 g/mol. The summed E-state index contributed by atoms with van der Waals surface area (Å²) in [5.41, 5.74) is 0. The van der Waals surface area contributed by atoms with E-state index in [-0.39, 0.29) is 17.7 Å². The van der Waals surface area contributed by atoms with Gasteiger partial charge in [-0.15, -0.1) is 0 Å². The smallest absolute Gasteiger partial charge is 0.191 e. The molecular weight excluding hydrogens is 321 g/mol. The van der Waals surface area contributed by atoms with Crippen LogP contribution < -0.4 is 15.4 Å². The van der Waals surface area contributed by atoms with Crippen molar-refractivity contribution in [3.05, 3.63) is 48.5 Å². The summed E-state index contributed by atoms with van der Waals surface area (Å²) in [7, 11) is 0. The first kappa shape index (κ1) is 18.8. The number of nitrogens with zero attached hydrogens (tertiary/aromatic N) is 3. The zero-order chi connectivity index (χ0) is 17.9. The van der Waals surface area contributed by atoms with Crippen molar-refractivity contribution in [2.75, 3.05) is 19.6 Å². The number of hydrogen-bond acceptors (Lipinski definition) is 3. The summed E-state index contributed by atoms with van der Waals surface area (Å²) >= 11 is 0. The highest BCUT2D eigenvalue weighted by molar-refractivity contribution is 5.79. The lowest BCUT2D eigenvalue weighted by Gasteiger charge is -2.15. The Labute approximate surface area is 148 Å². The molecule has 0 fully saturated rings. The van der Waals surface area contributed by atoms with E-state index in [0.717, 1.165) is 32.0 Å². The third-order valence-corrected chi connectivity index (χ3v) is 3.43. The fraction of sp³-hybridized carbons (Fsp3) is 0.444. The number of benzene rings is 1. The van der Waals surface area contributed by atoms with Gasteiger partial charge in [0, 0.05) is 32.0 Å². The minimum atomic E-state index is -0.359. The number of guanidine groups is 1. The Hall–Kier alpha value is -2.57. The van der Waals surface area contributed by atoms with Crippen molar-refractivity contribution in [1.82, 2.24) is 20.4 Å². The van der Waals surface area contributed by atoms with Crippen LogP contribution in [-0.4, -0.2) is 41.5 Å². The first-order valence-electron chi connectivity index (χ1n) is 8.60. The molecule has 1 unspecified atom stereocenters. The van der Waals surface area contributed by atoms with E-state index >= 15 is 0 Å². The molecule has 1 aromatic heterocycles. The van der Waals surface area contributed by atoms with Crippen LogP contribution in [0.15, 0.2) is 47.7 Å². The van der Waals surface area contributed by atoms with Crippen molar-refractivity contribution in [2.24, 2.45) is 4.99 Å². The molecule has 2 aromatic rings. The molecule has 0 saturated heterocycles. The molecule has 1 aromatic carbocycles. The van der Waals surface area contributed by atoms with Gasteiger partial charge < -0.3 is 15.4 Å². The summed E-state index contributed by atoms with van der Waals surface area (Å²) in [5.74, 6) is 0.622. The van der Waals surface area contributed by atoms with Gasteiger partial charge in [-0.05, 0) is 38.5 Å². The first-order valence-corrected chi connectivity index (χ1v) is 8.60. The van der Waals surface area contributed by atoms with E-state index in [9.17, 15) is 4.39 Å². The van der Waals surface area contributed by atoms with Crippen LogP contribution in [0.25, 0.3) is 0 Å². The second kappa shape index (κ2) is 10.3. The van der Waals surface area contributed by atoms with Crippen molar-refractivity contribution in [1.29, 1.82) is 0 Å². The Morgan fingerprint density at radius 2 is 2.16 bits per heavy atom. The minimum absolute atomic E-state index is 0.226. The fourth-order valence-electron chi connectivity index (χ4n) is 2.24. The Morgan fingerprint density at radius 1 is 1.32 bits per heavy atom. The highest BCUT2D eigenvalue weighted by atomic mass is 19.1. The summed E-state index contributed by atoms with van der Waals surface area (Å²) in [6, 6.07) is 8.31. The number of halogens is 1. The van der Waals surface area contributed by atoms with Gasteiger partial charge >= 0.3 is 0 Å². The second-order valence-electron chi connectivity index (χ2n) is 5.63. The quantitative estimate of drug-likeness (QED) is 0.415. The number of aliphatic imine (C=N–C) groups is 1. The topological polar surface area (TPSA) is 63.5 Å². The van der Waals surface area contributed by atoms with Gasteiger partial charge in [0.25, 0.3) is 0 Å². The van der Waals surface area contributed by atoms with Crippen molar-refractivity contribution < 1.29 is 9.13 Å². The van der Waals surface area contributed by atoms with Crippen LogP contribution in [0.3, 0.4) is 0 Å². The molecule has 0 radical (unpaired) electrons. The molecule has 2 N–H and O–H groups in total. The number of para-hydroxylation sites is 1. The molecule has 1 atom stereocenters. The van der Waals surface area contributed by atoms with E-state index < -0.39 is 0 Å². The molecule has 6 nitrogen and oxygen atoms in total. The lowest BCUT2D eigenvalue weighted by molar-refractivity contribution is 0.220. The van der Waals surface area contributed by atoms with Crippen molar-refractivity contribution >= 4 is 5.96 Å². The molecular formula is C18H26FN5O. The molecule has 0 bridgehead atoms. The maximum Gasteiger partial charge on any atom is 0.191 e. The third-order valence-electron chi connectivity index (χ3n) is 3.43. The van der Waals surface area contributed by atoms with Gasteiger partial charge in [-0.3, -0.25) is 4.68 Å². The van der Waals surface area contributed by atoms with E-state index in [1.54, 1.807) is 24.4 Å². The molecule has 136 valence electrons. The zero-order valence-corrected chi connectivity index (χ0v) is 14.8. The SMILES string of the molecule is CCNC(=NCC(C)Oc1ccccc1F)NCCCn1cccn1. The van der Waals surface area contributed by atoms with Gasteiger partial charge in [0.15, 0.2) is 17.5 Å². The Bertz CT molecular complexity index is 645. The fourth-order valence-corrected chi connectivity index (χ4v) is 2.24. The standard InChI is InChI=1S/C18H26FN5O/c1-3-20-18(21-10-6-12-24-13-7-11-23-24)22-14-15(2)25-17-9-5-4-8-16(17)19/h4-5,7-9,11,13,15H,3,6,10,12,14H2,1-2H3,(H2,20,21,22). The third kappa shape index (κ3) is 6.82. The maximum absolute atomic E-state index is 13.6. The van der Waals surface area contributed by atoms with Gasteiger partial charge in [0.2, 0.25) is 0 Å². The molecule has 7 heteroatoms. The number of aromatic nitrogens is 2. The summed E-state index contributed by atoms with van der Waals surface area (Å²) < 4.78 is 21.1. The van der Waals surface area contributed by atoms with Crippen LogP contribution in [0.5, 0.6) is 5.75 Å². The molecule has 0 saturated carbocycles. The van der Waals surface area contributed by atoms with Gasteiger partial charge in [0.1, 0.15) is 6.10 Å². The van der Waals surface area contributed by atoms with Crippen molar-refractivity contribution in [3.8, 4) is 5.75 Å². The second-order valence-corrected chi connectivity index (χ2v) is 5.63. The predicted octanol–water partition coefficient (Wildman–Crippen LogP) is 2.43. The van der Waals surface area contributed by atoms with Crippen LogP contribution in [0.2, 0.25) is 0 Å². The molecule has 0 aliphatic carbocycles. The lowest BCUT2D eigenvalue weighted by atomic mass is 10.3. The van der Waals surface area contributed by atoms with Crippen LogP contribution in [0.4, 0.5) is 4.39 Å². The van der Waals surface area contributed by atoms with E-state index in [1.807, 2.05) is 30.8 Å². The van der Waals surface area contributed by atoms with E-state index in [4.69, 9.17) is 4.74 Å². The van der Waals surface area contributed by atoms with E-state index in [1.165, 1.54) is 6.07 Å². The van der Waals surface area contributed by atoms with Crippen LogP contribution >= 0.6 is 0 Å². The Balaban J connectivity index is 1.76. The molecule has 0 aliphatic heterocycles. The molecule has 0 aliphatic rings. The Morgan fingerprint density at radius 3 is 2.88 bits per heavy atom.